The molecule has 2 bridgehead atoms. The normalized spacial score (nSPS) is 26.0. The van der Waals surface area contributed by atoms with E-state index in [2.05, 4.69) is 0 Å². The first-order valence-corrected chi connectivity index (χ1v) is 7.88. The first-order chi connectivity index (χ1) is 11.7. The molecule has 4 heterocycles. The monoisotopic (exact) mass is 325 g/mol. The molecule has 1 aromatic carbocycles. The minimum atomic E-state index is -1.03. The van der Waals surface area contributed by atoms with Crippen molar-refractivity contribution in [3.63, 3.8) is 0 Å². The van der Waals surface area contributed by atoms with Crippen LogP contribution in [0.5, 0.6) is 0 Å². The summed E-state index contributed by atoms with van der Waals surface area (Å²) in [6, 6.07) is 8.08. The zero-order valence-corrected chi connectivity index (χ0v) is 12.7. The van der Waals surface area contributed by atoms with E-state index in [4.69, 9.17) is 9.47 Å². The minimum Gasteiger partial charge on any atom is -0.342 e. The molecule has 7 heteroatoms. The molecular weight excluding hydrogens is 310 g/mol. The summed E-state index contributed by atoms with van der Waals surface area (Å²) in [4.78, 5) is 26.0. The number of nitrogens with zero attached hydrogens (tertiary/aromatic N) is 3. The largest absolute Gasteiger partial charge is 0.352 e. The van der Waals surface area contributed by atoms with Crippen molar-refractivity contribution < 1.29 is 9.47 Å². The summed E-state index contributed by atoms with van der Waals surface area (Å²) in [6.07, 6.45) is 7.45. The zero-order chi connectivity index (χ0) is 16.3. The van der Waals surface area contributed by atoms with Gasteiger partial charge in [0.15, 0.2) is 0 Å². The molecule has 1 aliphatic carbocycles. The number of aromatic nitrogens is 3. The Bertz CT molecular complexity index is 973. The van der Waals surface area contributed by atoms with Gasteiger partial charge in [0.1, 0.15) is 6.04 Å². The van der Waals surface area contributed by atoms with Crippen molar-refractivity contribution in [1.82, 2.24) is 13.9 Å². The Kier molecular flexibility index (Phi) is 2.69. The number of ether oxygens (including phenoxy) is 2. The number of benzene rings is 1. The lowest BCUT2D eigenvalue weighted by molar-refractivity contribution is -0.143. The van der Waals surface area contributed by atoms with Crippen molar-refractivity contribution in [3.05, 3.63) is 75.6 Å². The van der Waals surface area contributed by atoms with Crippen LogP contribution in [0.1, 0.15) is 12.1 Å². The van der Waals surface area contributed by atoms with Crippen molar-refractivity contribution in [3.8, 4) is 5.69 Å². The van der Waals surface area contributed by atoms with Gasteiger partial charge in [-0.1, -0.05) is 36.4 Å². The summed E-state index contributed by atoms with van der Waals surface area (Å²) < 4.78 is 15.7. The highest BCUT2D eigenvalue weighted by molar-refractivity contribution is 5.32. The van der Waals surface area contributed by atoms with E-state index in [0.717, 1.165) is 0 Å². The van der Waals surface area contributed by atoms with Crippen LogP contribution in [-0.4, -0.2) is 32.9 Å². The highest BCUT2D eigenvalue weighted by atomic mass is 16.7. The molecule has 1 saturated heterocycles. The van der Waals surface area contributed by atoms with Gasteiger partial charge in [0.2, 0.25) is 5.79 Å². The van der Waals surface area contributed by atoms with Gasteiger partial charge in [-0.2, -0.15) is 0 Å². The fourth-order valence-corrected chi connectivity index (χ4v) is 3.67. The Labute approximate surface area is 136 Å². The average molecular weight is 325 g/mol. The van der Waals surface area contributed by atoms with Crippen LogP contribution in [0.3, 0.4) is 0 Å². The summed E-state index contributed by atoms with van der Waals surface area (Å²) in [5.41, 5.74) is -0.218. The molecule has 3 aliphatic heterocycles. The van der Waals surface area contributed by atoms with E-state index in [9.17, 15) is 9.59 Å². The predicted molar refractivity (Wildman–Crippen MR) is 85.3 cm³/mol. The van der Waals surface area contributed by atoms with Gasteiger partial charge in [0.05, 0.1) is 24.9 Å². The van der Waals surface area contributed by atoms with Gasteiger partial charge in [-0.15, -0.1) is 0 Å². The number of para-hydroxylation sites is 1. The topological polar surface area (TPSA) is 67.4 Å². The highest BCUT2D eigenvalue weighted by Gasteiger charge is 2.48. The SMILES string of the molecule is O=c1n(-c2ccccc2)c(=O)n2n1C1C=CC2C2(C=C1)OCCO2. The Morgan fingerprint density at radius 2 is 1.62 bits per heavy atom. The van der Waals surface area contributed by atoms with Gasteiger partial charge in [-0.25, -0.2) is 23.5 Å². The molecule has 7 nitrogen and oxygen atoms in total. The third-order valence-electron chi connectivity index (χ3n) is 4.73. The van der Waals surface area contributed by atoms with E-state index in [1.165, 1.54) is 13.9 Å². The van der Waals surface area contributed by atoms with Crippen LogP contribution in [-0.2, 0) is 9.47 Å². The van der Waals surface area contributed by atoms with Crippen molar-refractivity contribution >= 4 is 0 Å². The van der Waals surface area contributed by atoms with Crippen LogP contribution < -0.4 is 11.4 Å². The quantitative estimate of drug-likeness (QED) is 0.726. The van der Waals surface area contributed by atoms with Crippen LogP contribution in [0.15, 0.2) is 64.2 Å². The van der Waals surface area contributed by atoms with E-state index >= 15 is 0 Å². The fraction of sp³-hybridized carbons (Fsp3) is 0.294. The molecule has 4 aliphatic rings. The van der Waals surface area contributed by atoms with Gasteiger partial charge in [-0.3, -0.25) is 0 Å². The first kappa shape index (κ1) is 13.8. The van der Waals surface area contributed by atoms with Crippen LogP contribution in [0.2, 0.25) is 0 Å². The molecular formula is C17H15N3O4. The smallest absolute Gasteiger partial charge is 0.342 e. The average Bonchev–Trinajstić information content (AvgIpc) is 3.09. The zero-order valence-electron chi connectivity index (χ0n) is 12.7. The van der Waals surface area contributed by atoms with Crippen molar-refractivity contribution in [1.29, 1.82) is 0 Å². The number of rotatable bonds is 1. The summed E-state index contributed by atoms with van der Waals surface area (Å²) in [7, 11) is 0. The second kappa shape index (κ2) is 4.68. The van der Waals surface area contributed by atoms with E-state index in [1.807, 2.05) is 30.4 Å². The molecule has 0 amide bonds. The molecule has 122 valence electrons. The van der Waals surface area contributed by atoms with Gasteiger partial charge in [0, 0.05) is 0 Å². The maximum absolute atomic E-state index is 13.0. The third-order valence-corrected chi connectivity index (χ3v) is 4.73. The number of hydrogen-bond donors (Lipinski definition) is 0. The standard InChI is InChI=1S/C17H15N3O4/c21-15-18(12-4-2-1-3-5-12)16(22)20-14-7-6-13(19(15)20)8-9-17(14)23-10-11-24-17/h1-9,13-14H,10-11H2. The molecule has 0 saturated carbocycles. The third kappa shape index (κ3) is 1.63. The summed E-state index contributed by atoms with van der Waals surface area (Å²) in [6.45, 7) is 0.912. The van der Waals surface area contributed by atoms with Gasteiger partial charge in [-0.05, 0) is 18.2 Å². The maximum Gasteiger partial charge on any atom is 0.352 e. The Hall–Kier alpha value is -2.64. The van der Waals surface area contributed by atoms with Gasteiger partial charge < -0.3 is 9.47 Å². The van der Waals surface area contributed by atoms with Crippen molar-refractivity contribution in [2.45, 2.75) is 17.9 Å². The van der Waals surface area contributed by atoms with Crippen LogP contribution in [0.4, 0.5) is 0 Å². The van der Waals surface area contributed by atoms with Crippen molar-refractivity contribution in [2.75, 3.05) is 13.2 Å². The summed E-state index contributed by atoms with van der Waals surface area (Å²) >= 11 is 0. The fourth-order valence-electron chi connectivity index (χ4n) is 3.67. The Morgan fingerprint density at radius 1 is 0.917 bits per heavy atom. The van der Waals surface area contributed by atoms with Crippen LogP contribution >= 0.6 is 0 Å². The van der Waals surface area contributed by atoms with E-state index in [0.29, 0.717) is 18.9 Å². The highest BCUT2D eigenvalue weighted by Crippen LogP contribution is 2.39. The van der Waals surface area contributed by atoms with E-state index < -0.39 is 17.5 Å². The minimum absolute atomic E-state index is 0.335. The lowest BCUT2D eigenvalue weighted by Gasteiger charge is -2.32. The number of hydrogen-bond acceptors (Lipinski definition) is 4. The molecule has 0 radical (unpaired) electrons. The predicted octanol–water partition coefficient (Wildman–Crippen LogP) is 0.766. The first-order valence-electron chi connectivity index (χ1n) is 7.88. The molecule has 1 spiro atoms. The second-order valence-electron chi connectivity index (χ2n) is 6.02. The molecule has 1 aromatic heterocycles. The molecule has 24 heavy (non-hydrogen) atoms. The lowest BCUT2D eigenvalue weighted by atomic mass is 10.1. The molecule has 0 N–H and O–H groups in total. The van der Waals surface area contributed by atoms with Gasteiger partial charge in [0.25, 0.3) is 0 Å². The summed E-state index contributed by atoms with van der Waals surface area (Å²) in [5.74, 6) is -1.03. The van der Waals surface area contributed by atoms with E-state index in [1.54, 1.807) is 24.3 Å². The van der Waals surface area contributed by atoms with Crippen LogP contribution in [0, 0.1) is 0 Å². The molecule has 2 unspecified atom stereocenters. The summed E-state index contributed by atoms with van der Waals surface area (Å²) in [5, 5.41) is 0. The molecule has 1 fully saturated rings. The lowest BCUT2D eigenvalue weighted by Crippen LogP contribution is -2.44. The van der Waals surface area contributed by atoms with Crippen LogP contribution in [0.25, 0.3) is 5.69 Å². The molecule has 2 atom stereocenters. The van der Waals surface area contributed by atoms with E-state index in [-0.39, 0.29) is 11.7 Å². The van der Waals surface area contributed by atoms with Crippen molar-refractivity contribution in [2.24, 2.45) is 0 Å². The maximum atomic E-state index is 13.0. The molecule has 2 aromatic rings. The Morgan fingerprint density at radius 3 is 2.38 bits per heavy atom. The second-order valence-corrected chi connectivity index (χ2v) is 6.02. The number of allylic oxidation sites excluding steroid dienone is 2. The Balaban J connectivity index is 1.80. The van der Waals surface area contributed by atoms with Gasteiger partial charge >= 0.3 is 11.4 Å². The molecule has 6 rings (SSSR count).